The zero-order valence-corrected chi connectivity index (χ0v) is 16.7. The number of ether oxygens (including phenoxy) is 2. The third kappa shape index (κ3) is 4.76. The van der Waals surface area contributed by atoms with Crippen LogP contribution in [0, 0.1) is 17.1 Å². The summed E-state index contributed by atoms with van der Waals surface area (Å²) in [5.74, 6) is 0.235. The summed E-state index contributed by atoms with van der Waals surface area (Å²) in [5.41, 5.74) is 0.903. The molecular weight excluding hydrogens is 383 g/mol. The topological polar surface area (TPSA) is 71.3 Å². The van der Waals surface area contributed by atoms with Crippen molar-refractivity contribution in [1.82, 2.24) is 0 Å². The first-order valence-corrected chi connectivity index (χ1v) is 9.56. The van der Waals surface area contributed by atoms with Gasteiger partial charge >= 0.3 is 0 Å². The van der Waals surface area contributed by atoms with Gasteiger partial charge < -0.3 is 14.8 Å². The van der Waals surface area contributed by atoms with Crippen molar-refractivity contribution in [2.45, 2.75) is 13.8 Å². The van der Waals surface area contributed by atoms with E-state index in [1.54, 1.807) is 0 Å². The molecule has 1 N–H and O–H groups in total. The molecule has 0 atom stereocenters. The predicted molar refractivity (Wildman–Crippen MR) is 115 cm³/mol. The third-order valence-electron chi connectivity index (χ3n) is 4.36. The monoisotopic (exact) mass is 404 g/mol. The lowest BCUT2D eigenvalue weighted by molar-refractivity contribution is -0.112. The van der Waals surface area contributed by atoms with Gasteiger partial charge in [0.05, 0.1) is 13.2 Å². The Morgan fingerprint density at radius 3 is 2.43 bits per heavy atom. The van der Waals surface area contributed by atoms with Crippen molar-refractivity contribution >= 4 is 28.4 Å². The molecule has 0 heterocycles. The van der Waals surface area contributed by atoms with E-state index < -0.39 is 11.7 Å². The molecule has 0 aliphatic heterocycles. The van der Waals surface area contributed by atoms with Gasteiger partial charge in [0.1, 0.15) is 29.0 Å². The van der Waals surface area contributed by atoms with Crippen LogP contribution >= 0.6 is 0 Å². The highest BCUT2D eigenvalue weighted by Crippen LogP contribution is 2.33. The highest BCUT2D eigenvalue weighted by molar-refractivity contribution is 6.11. The van der Waals surface area contributed by atoms with Crippen LogP contribution in [0.1, 0.15) is 19.4 Å². The normalized spacial score (nSPS) is 11.1. The number of rotatable bonds is 7. The number of carbonyl (C=O) groups is 1. The van der Waals surface area contributed by atoms with Crippen LogP contribution in [0.2, 0.25) is 0 Å². The van der Waals surface area contributed by atoms with Crippen LogP contribution in [0.5, 0.6) is 11.5 Å². The first-order valence-electron chi connectivity index (χ1n) is 9.56. The van der Waals surface area contributed by atoms with Crippen LogP contribution in [0.3, 0.4) is 0 Å². The van der Waals surface area contributed by atoms with Crippen LogP contribution in [0.25, 0.3) is 16.8 Å². The minimum Gasteiger partial charge on any atom is -0.494 e. The fraction of sp³-hybridized carbons (Fsp3) is 0.167. The second kappa shape index (κ2) is 9.57. The van der Waals surface area contributed by atoms with Gasteiger partial charge in [-0.15, -0.1) is 0 Å². The van der Waals surface area contributed by atoms with Gasteiger partial charge in [-0.25, -0.2) is 4.39 Å². The number of nitrogens with one attached hydrogen (secondary N) is 1. The highest BCUT2D eigenvalue weighted by atomic mass is 19.1. The van der Waals surface area contributed by atoms with Gasteiger partial charge in [-0.3, -0.25) is 4.79 Å². The van der Waals surface area contributed by atoms with E-state index >= 15 is 0 Å². The van der Waals surface area contributed by atoms with E-state index in [2.05, 4.69) is 5.32 Å². The van der Waals surface area contributed by atoms with Crippen LogP contribution < -0.4 is 14.8 Å². The number of halogens is 1. The highest BCUT2D eigenvalue weighted by Gasteiger charge is 2.14. The Bertz CT molecular complexity index is 1130. The molecule has 0 saturated heterocycles. The average Bonchev–Trinajstić information content (AvgIpc) is 2.75. The summed E-state index contributed by atoms with van der Waals surface area (Å²) in [7, 11) is 0. The van der Waals surface area contributed by atoms with Crippen LogP contribution in [0.15, 0.2) is 60.2 Å². The summed E-state index contributed by atoms with van der Waals surface area (Å²) in [5, 5.41) is 13.9. The molecule has 0 fully saturated rings. The van der Waals surface area contributed by atoms with E-state index in [4.69, 9.17) is 9.47 Å². The Balaban J connectivity index is 2.06. The molecule has 0 radical (unpaired) electrons. The van der Waals surface area contributed by atoms with Crippen molar-refractivity contribution in [2.24, 2.45) is 0 Å². The number of amides is 1. The molecule has 0 aliphatic rings. The molecule has 6 heteroatoms. The molecule has 5 nitrogen and oxygen atoms in total. The maximum atomic E-state index is 13.1. The van der Waals surface area contributed by atoms with Gasteiger partial charge in [-0.1, -0.05) is 12.1 Å². The quantitative estimate of drug-likeness (QED) is 0.427. The molecule has 3 rings (SSSR count). The molecule has 0 saturated carbocycles. The molecule has 0 unspecified atom stereocenters. The van der Waals surface area contributed by atoms with Gasteiger partial charge in [-0.05, 0) is 73.2 Å². The Labute approximate surface area is 174 Å². The molecule has 3 aromatic carbocycles. The van der Waals surface area contributed by atoms with Gasteiger partial charge in [-0.2, -0.15) is 5.26 Å². The Kier molecular flexibility index (Phi) is 6.66. The SMILES string of the molecule is CCOc1ccc2ccc(OCC)c(/C=C(/C#N)C(=O)Nc3ccc(F)cc3)c2c1. The predicted octanol–water partition coefficient (Wildman–Crippen LogP) is 5.32. The third-order valence-corrected chi connectivity index (χ3v) is 4.36. The van der Waals surface area contributed by atoms with Crippen LogP contribution in [-0.4, -0.2) is 19.1 Å². The summed E-state index contributed by atoms with van der Waals surface area (Å²) in [6.07, 6.45) is 1.50. The number of nitriles is 1. The van der Waals surface area contributed by atoms with Crippen LogP contribution in [-0.2, 0) is 4.79 Å². The minimum atomic E-state index is -0.593. The van der Waals surface area contributed by atoms with E-state index in [1.165, 1.54) is 30.3 Å². The zero-order chi connectivity index (χ0) is 21.5. The Morgan fingerprint density at radius 1 is 1.07 bits per heavy atom. The molecule has 0 aromatic heterocycles. The molecule has 0 bridgehead atoms. The lowest BCUT2D eigenvalue weighted by atomic mass is 10.0. The van der Waals surface area contributed by atoms with Crippen molar-refractivity contribution in [2.75, 3.05) is 18.5 Å². The first kappa shape index (κ1) is 20.9. The largest absolute Gasteiger partial charge is 0.494 e. The number of carbonyl (C=O) groups excluding carboxylic acids is 1. The standard InChI is InChI=1S/C24H21FN2O3/c1-3-29-20-11-5-16-6-12-23(30-4-2)22(21(16)14-20)13-17(15-26)24(28)27-19-9-7-18(25)8-10-19/h5-14H,3-4H2,1-2H3,(H,27,28)/b17-13-. The molecule has 1 amide bonds. The number of anilines is 1. The maximum absolute atomic E-state index is 13.1. The lowest BCUT2D eigenvalue weighted by Gasteiger charge is -2.13. The fourth-order valence-electron chi connectivity index (χ4n) is 3.01. The van der Waals surface area contributed by atoms with Crippen molar-refractivity contribution in [3.8, 4) is 17.6 Å². The molecule has 152 valence electrons. The van der Waals surface area contributed by atoms with Gasteiger partial charge in [0.2, 0.25) is 0 Å². The second-order valence-corrected chi connectivity index (χ2v) is 6.36. The van der Waals surface area contributed by atoms with E-state index in [1.807, 2.05) is 50.2 Å². The summed E-state index contributed by atoms with van der Waals surface area (Å²) >= 11 is 0. The van der Waals surface area contributed by atoms with E-state index in [0.29, 0.717) is 36.0 Å². The first-order chi connectivity index (χ1) is 14.5. The number of hydrogen-bond acceptors (Lipinski definition) is 4. The van der Waals surface area contributed by atoms with Crippen molar-refractivity contribution in [3.05, 3.63) is 71.6 Å². The van der Waals surface area contributed by atoms with Crippen molar-refractivity contribution in [3.63, 3.8) is 0 Å². The summed E-state index contributed by atoms with van der Waals surface area (Å²) in [6.45, 7) is 4.71. The number of benzene rings is 3. The number of nitrogens with zero attached hydrogens (tertiary/aromatic N) is 1. The molecule has 30 heavy (non-hydrogen) atoms. The van der Waals surface area contributed by atoms with Crippen molar-refractivity contribution in [1.29, 1.82) is 5.26 Å². The fourth-order valence-corrected chi connectivity index (χ4v) is 3.01. The number of hydrogen-bond donors (Lipinski definition) is 1. The summed E-state index contributed by atoms with van der Waals surface area (Å²) in [4.78, 5) is 12.6. The maximum Gasteiger partial charge on any atom is 0.266 e. The Hall–Kier alpha value is -3.85. The van der Waals surface area contributed by atoms with Crippen molar-refractivity contribution < 1.29 is 18.7 Å². The van der Waals surface area contributed by atoms with Gasteiger partial charge in [0.15, 0.2) is 0 Å². The molecular formula is C24H21FN2O3. The lowest BCUT2D eigenvalue weighted by Crippen LogP contribution is -2.13. The molecule has 3 aromatic rings. The minimum absolute atomic E-state index is 0.102. The van der Waals surface area contributed by atoms with Gasteiger partial charge in [0.25, 0.3) is 5.91 Å². The molecule has 0 aliphatic carbocycles. The van der Waals surface area contributed by atoms with E-state index in [-0.39, 0.29) is 5.57 Å². The van der Waals surface area contributed by atoms with Crippen LogP contribution in [0.4, 0.5) is 10.1 Å². The average molecular weight is 404 g/mol. The van der Waals surface area contributed by atoms with Gasteiger partial charge in [0, 0.05) is 11.3 Å². The molecule has 0 spiro atoms. The summed E-state index contributed by atoms with van der Waals surface area (Å²) < 4.78 is 24.4. The summed E-state index contributed by atoms with van der Waals surface area (Å²) in [6, 6.07) is 16.6. The zero-order valence-electron chi connectivity index (χ0n) is 16.7. The second-order valence-electron chi connectivity index (χ2n) is 6.36. The smallest absolute Gasteiger partial charge is 0.266 e. The Morgan fingerprint density at radius 2 is 1.77 bits per heavy atom. The van der Waals surface area contributed by atoms with E-state index in [9.17, 15) is 14.4 Å². The van der Waals surface area contributed by atoms with E-state index in [0.717, 1.165) is 10.8 Å². The number of fused-ring (bicyclic) bond motifs is 1.